The zero-order chi connectivity index (χ0) is 17.8. The van der Waals surface area contributed by atoms with Crippen LogP contribution in [-0.4, -0.2) is 4.57 Å². The Kier molecular flexibility index (Phi) is 6.88. The molecule has 0 spiro atoms. The Morgan fingerprint density at radius 3 is 2.11 bits per heavy atom. The van der Waals surface area contributed by atoms with E-state index in [0.717, 1.165) is 0 Å². The van der Waals surface area contributed by atoms with Crippen molar-refractivity contribution in [2.75, 3.05) is 0 Å². The van der Waals surface area contributed by atoms with E-state index < -0.39 is 22.9 Å². The molecule has 0 aliphatic heterocycles. The second-order valence-corrected chi connectivity index (χ2v) is 12.5. The SMILES string of the molecule is CC1=C(C)C(C)(C)[C]([Hf+2][C]2=Cc3ccccc3C2n2cccc2)=C1C.[Cl-].[Cl-]. The number of nitrogens with zero attached hydrogens (tertiary/aromatic N) is 1. The third-order valence-electron chi connectivity index (χ3n) is 6.15. The van der Waals surface area contributed by atoms with Crippen molar-refractivity contribution in [1.82, 2.24) is 4.57 Å². The van der Waals surface area contributed by atoms with E-state index in [-0.39, 0.29) is 30.2 Å². The molecule has 0 bridgehead atoms. The number of rotatable bonds is 3. The predicted molar refractivity (Wildman–Crippen MR) is 102 cm³/mol. The number of fused-ring (bicyclic) bond motifs is 1. The molecular weight excluding hydrogens is 540 g/mol. The van der Waals surface area contributed by atoms with Gasteiger partial charge in [-0.2, -0.15) is 0 Å². The molecule has 4 heteroatoms. The fourth-order valence-corrected chi connectivity index (χ4v) is 10.8. The zero-order valence-electron chi connectivity index (χ0n) is 16.5. The van der Waals surface area contributed by atoms with Gasteiger partial charge < -0.3 is 24.8 Å². The third kappa shape index (κ3) is 3.61. The van der Waals surface area contributed by atoms with Gasteiger partial charge in [-0.3, -0.25) is 0 Å². The normalized spacial score (nSPS) is 19.9. The molecule has 1 unspecified atom stereocenters. The van der Waals surface area contributed by atoms with Crippen molar-refractivity contribution in [3.8, 4) is 0 Å². The van der Waals surface area contributed by atoms with Crippen molar-refractivity contribution in [2.45, 2.75) is 40.7 Å². The maximum Gasteiger partial charge on any atom is -1.00 e. The minimum absolute atomic E-state index is 0. The van der Waals surface area contributed by atoms with Crippen LogP contribution in [0, 0.1) is 5.41 Å². The summed E-state index contributed by atoms with van der Waals surface area (Å²) in [6.07, 6.45) is 6.95. The van der Waals surface area contributed by atoms with E-state index in [4.69, 9.17) is 0 Å². The first-order chi connectivity index (χ1) is 11.9. The van der Waals surface area contributed by atoms with Gasteiger partial charge in [-0.1, -0.05) is 0 Å². The van der Waals surface area contributed by atoms with Crippen LogP contribution in [0.2, 0.25) is 0 Å². The molecule has 2 aliphatic rings. The molecule has 0 saturated heterocycles. The molecular formula is C23H25Cl2HfN. The predicted octanol–water partition coefficient (Wildman–Crippen LogP) is 0.173. The first-order valence-corrected chi connectivity index (χ1v) is 12.6. The molecule has 1 atom stereocenters. The third-order valence-corrected chi connectivity index (χ3v) is 13.2. The van der Waals surface area contributed by atoms with Crippen LogP contribution in [0.25, 0.3) is 6.08 Å². The average Bonchev–Trinajstić information content (AvgIpc) is 3.26. The van der Waals surface area contributed by atoms with Crippen LogP contribution in [-0.2, 0) is 22.9 Å². The summed E-state index contributed by atoms with van der Waals surface area (Å²) in [6.45, 7) is 11.8. The van der Waals surface area contributed by atoms with Crippen molar-refractivity contribution < 1.29 is 47.7 Å². The van der Waals surface area contributed by atoms with Crippen LogP contribution < -0.4 is 24.8 Å². The van der Waals surface area contributed by atoms with Gasteiger partial charge in [-0.15, -0.1) is 0 Å². The Labute approximate surface area is 186 Å². The monoisotopic (exact) mass is 565 g/mol. The van der Waals surface area contributed by atoms with Crippen LogP contribution in [0.15, 0.2) is 72.2 Å². The van der Waals surface area contributed by atoms with E-state index in [9.17, 15) is 0 Å². The van der Waals surface area contributed by atoms with E-state index >= 15 is 0 Å². The molecule has 4 rings (SSSR count). The first-order valence-electron chi connectivity index (χ1n) is 9.01. The molecule has 0 saturated carbocycles. The summed E-state index contributed by atoms with van der Waals surface area (Å²) in [6, 6.07) is 13.6. The average molecular weight is 565 g/mol. The Hall–Kier alpha value is -0.830. The Bertz CT molecular complexity index is 933. The summed E-state index contributed by atoms with van der Waals surface area (Å²) in [5, 5.41) is 0. The molecule has 1 aromatic heterocycles. The minimum atomic E-state index is -1.13. The molecule has 1 aromatic carbocycles. The van der Waals surface area contributed by atoms with Gasteiger partial charge in [0.15, 0.2) is 0 Å². The van der Waals surface area contributed by atoms with E-state index in [1.807, 2.05) is 0 Å². The fourth-order valence-electron chi connectivity index (χ4n) is 4.24. The topological polar surface area (TPSA) is 4.93 Å². The zero-order valence-corrected chi connectivity index (χ0v) is 21.6. The molecule has 1 nitrogen and oxygen atoms in total. The number of hydrogen-bond donors (Lipinski definition) is 0. The van der Waals surface area contributed by atoms with Crippen LogP contribution in [0.5, 0.6) is 0 Å². The van der Waals surface area contributed by atoms with E-state index in [1.165, 1.54) is 16.7 Å². The number of allylic oxidation sites excluding steroid dienone is 5. The smallest absolute Gasteiger partial charge is 1.00 e. The minimum Gasteiger partial charge on any atom is -1.00 e. The summed E-state index contributed by atoms with van der Waals surface area (Å²) >= 11 is -1.13. The van der Waals surface area contributed by atoms with Crippen LogP contribution in [0.1, 0.15) is 51.8 Å². The van der Waals surface area contributed by atoms with Crippen molar-refractivity contribution in [2.24, 2.45) is 5.41 Å². The summed E-state index contributed by atoms with van der Waals surface area (Å²) in [4.78, 5) is 0. The molecule has 27 heavy (non-hydrogen) atoms. The molecule has 2 aromatic rings. The summed E-state index contributed by atoms with van der Waals surface area (Å²) in [5.74, 6) is 0. The fraction of sp³-hybridized carbons (Fsp3) is 0.304. The van der Waals surface area contributed by atoms with Gasteiger partial charge in [0.1, 0.15) is 0 Å². The summed E-state index contributed by atoms with van der Waals surface area (Å²) in [5.41, 5.74) is 7.81. The molecule has 2 aliphatic carbocycles. The van der Waals surface area contributed by atoms with Gasteiger partial charge in [0.05, 0.1) is 0 Å². The van der Waals surface area contributed by atoms with E-state index in [2.05, 4.69) is 94.1 Å². The molecule has 0 fully saturated rings. The maximum atomic E-state index is 2.50. The van der Waals surface area contributed by atoms with Gasteiger partial charge in [0, 0.05) is 0 Å². The quantitative estimate of drug-likeness (QED) is 0.469. The van der Waals surface area contributed by atoms with Gasteiger partial charge in [-0.05, 0) is 0 Å². The number of aromatic nitrogens is 1. The van der Waals surface area contributed by atoms with E-state index in [0.29, 0.717) is 6.04 Å². The van der Waals surface area contributed by atoms with Crippen LogP contribution >= 0.6 is 0 Å². The Balaban J connectivity index is 0.00000131. The Morgan fingerprint density at radius 2 is 1.52 bits per heavy atom. The number of halogens is 2. The summed E-state index contributed by atoms with van der Waals surface area (Å²) < 4.78 is 5.87. The van der Waals surface area contributed by atoms with Gasteiger partial charge in [0.2, 0.25) is 0 Å². The van der Waals surface area contributed by atoms with Gasteiger partial charge in [-0.25, -0.2) is 0 Å². The molecule has 0 radical (unpaired) electrons. The standard InChI is InChI=1S/C13H10N.C10H15.2ClH.Hf/c1-2-6-12-11(5-1)7-8-13(12)14-9-3-4-10-14;1-7-6-10(4,5)9(3)8(7)2;;;/h1-7,9-10,13H;1-5H3;2*1H;/q;;;;+2/p-2. The maximum absolute atomic E-state index is 2.50. The van der Waals surface area contributed by atoms with E-state index in [1.54, 1.807) is 17.8 Å². The second kappa shape index (κ2) is 8.27. The van der Waals surface area contributed by atoms with Crippen LogP contribution in [0.4, 0.5) is 0 Å². The Morgan fingerprint density at radius 1 is 0.889 bits per heavy atom. The molecule has 140 valence electrons. The summed E-state index contributed by atoms with van der Waals surface area (Å²) in [7, 11) is 0. The number of hydrogen-bond acceptors (Lipinski definition) is 0. The van der Waals surface area contributed by atoms with Gasteiger partial charge in [0.25, 0.3) is 0 Å². The van der Waals surface area contributed by atoms with Gasteiger partial charge >= 0.3 is 163 Å². The second-order valence-electron chi connectivity index (χ2n) is 7.76. The molecule has 1 heterocycles. The van der Waals surface area contributed by atoms with Crippen molar-refractivity contribution >= 4 is 6.08 Å². The number of benzene rings is 1. The van der Waals surface area contributed by atoms with Crippen molar-refractivity contribution in [3.63, 3.8) is 0 Å². The largest absolute Gasteiger partial charge is 1.00 e. The molecule has 0 amide bonds. The van der Waals surface area contributed by atoms with Crippen molar-refractivity contribution in [1.29, 1.82) is 0 Å². The van der Waals surface area contributed by atoms with Crippen molar-refractivity contribution in [3.05, 3.63) is 83.3 Å². The van der Waals surface area contributed by atoms with Crippen LogP contribution in [0.3, 0.4) is 0 Å². The first kappa shape index (κ1) is 22.5. The molecule has 0 N–H and O–H groups in total.